The smallest absolute Gasteiger partial charge is 0.266 e. The van der Waals surface area contributed by atoms with Gasteiger partial charge in [0.05, 0.1) is 30.2 Å². The van der Waals surface area contributed by atoms with Crippen molar-refractivity contribution in [3.8, 4) is 22.6 Å². The molecule has 4 aromatic rings. The second-order valence-corrected chi connectivity index (χ2v) is 7.58. The molecule has 0 radical (unpaired) electrons. The van der Waals surface area contributed by atoms with Crippen LogP contribution in [0.4, 0.5) is 5.82 Å². The number of ether oxygens (including phenoxy) is 2. The van der Waals surface area contributed by atoms with E-state index in [9.17, 15) is 9.59 Å². The molecule has 0 aliphatic rings. The average Bonchev–Trinajstić information content (AvgIpc) is 3.32. The van der Waals surface area contributed by atoms with E-state index < -0.39 is 0 Å². The van der Waals surface area contributed by atoms with E-state index in [0.29, 0.717) is 38.7 Å². The summed E-state index contributed by atoms with van der Waals surface area (Å²) in [5.41, 5.74) is 1.58. The number of aryl methyl sites for hydroxylation is 1. The highest BCUT2D eigenvalue weighted by atomic mass is 32.1. The van der Waals surface area contributed by atoms with Gasteiger partial charge in [0.2, 0.25) is 0 Å². The van der Waals surface area contributed by atoms with Crippen LogP contribution in [0.1, 0.15) is 9.67 Å². The number of nitrogens with one attached hydrogen (secondary N) is 1. The standard InChI is InChI=1S/C23H20N2O4S/c1-25-16-8-5-4-7-15(16)21(26)20(14-10-11-17(28-2)18(13-14)29-3)22(25)24-23(27)19-9-6-12-30-19/h4-13H,1-3H3,(H,24,27). The largest absolute Gasteiger partial charge is 0.493 e. The molecule has 30 heavy (non-hydrogen) atoms. The van der Waals surface area contributed by atoms with Crippen LogP contribution >= 0.6 is 11.3 Å². The first-order valence-corrected chi connectivity index (χ1v) is 10.1. The highest BCUT2D eigenvalue weighted by molar-refractivity contribution is 7.12. The van der Waals surface area contributed by atoms with Crippen molar-refractivity contribution in [2.75, 3.05) is 19.5 Å². The predicted octanol–water partition coefficient (Wildman–Crippen LogP) is 4.54. The van der Waals surface area contributed by atoms with E-state index in [-0.39, 0.29) is 11.3 Å². The van der Waals surface area contributed by atoms with E-state index >= 15 is 0 Å². The monoisotopic (exact) mass is 420 g/mol. The van der Waals surface area contributed by atoms with Crippen LogP contribution in [-0.2, 0) is 7.05 Å². The van der Waals surface area contributed by atoms with Crippen molar-refractivity contribution in [1.82, 2.24) is 4.57 Å². The third-order valence-electron chi connectivity index (χ3n) is 4.96. The summed E-state index contributed by atoms with van der Waals surface area (Å²) >= 11 is 1.34. The van der Waals surface area contributed by atoms with Crippen molar-refractivity contribution in [3.63, 3.8) is 0 Å². The van der Waals surface area contributed by atoms with Crippen molar-refractivity contribution < 1.29 is 14.3 Å². The Hall–Kier alpha value is -3.58. The summed E-state index contributed by atoms with van der Waals surface area (Å²) in [5.74, 6) is 1.21. The van der Waals surface area contributed by atoms with Crippen molar-refractivity contribution in [1.29, 1.82) is 0 Å². The molecule has 0 spiro atoms. The van der Waals surface area contributed by atoms with Crippen LogP contribution in [0, 0.1) is 0 Å². The summed E-state index contributed by atoms with van der Waals surface area (Å²) in [6.07, 6.45) is 0. The minimum atomic E-state index is -0.267. The fourth-order valence-electron chi connectivity index (χ4n) is 3.47. The molecule has 0 bridgehead atoms. The van der Waals surface area contributed by atoms with E-state index in [2.05, 4.69) is 5.32 Å². The first-order valence-electron chi connectivity index (χ1n) is 9.24. The molecule has 4 rings (SSSR count). The van der Waals surface area contributed by atoms with Crippen molar-refractivity contribution in [3.05, 3.63) is 75.1 Å². The van der Waals surface area contributed by atoms with Gasteiger partial charge in [-0.2, -0.15) is 0 Å². The third-order valence-corrected chi connectivity index (χ3v) is 5.83. The molecule has 0 unspecified atom stereocenters. The van der Waals surface area contributed by atoms with Gasteiger partial charge in [-0.3, -0.25) is 9.59 Å². The molecule has 2 aromatic heterocycles. The second kappa shape index (κ2) is 8.04. The number of carbonyl (C=O) groups excluding carboxylic acids is 1. The molecule has 152 valence electrons. The number of hydrogen-bond donors (Lipinski definition) is 1. The van der Waals surface area contributed by atoms with E-state index in [4.69, 9.17) is 9.47 Å². The minimum Gasteiger partial charge on any atom is -0.493 e. The number of pyridine rings is 1. The van der Waals surface area contributed by atoms with Crippen LogP contribution < -0.4 is 20.2 Å². The Kier molecular flexibility index (Phi) is 5.29. The van der Waals surface area contributed by atoms with Crippen molar-refractivity contribution in [2.45, 2.75) is 0 Å². The van der Waals surface area contributed by atoms with Crippen LogP contribution in [0.3, 0.4) is 0 Å². The number of amides is 1. The fraction of sp³-hybridized carbons (Fsp3) is 0.130. The van der Waals surface area contributed by atoms with Gasteiger partial charge in [0.25, 0.3) is 5.91 Å². The number of hydrogen-bond acceptors (Lipinski definition) is 5. The number of carbonyl (C=O) groups is 1. The first kappa shape index (κ1) is 19.7. The molecule has 2 heterocycles. The Morgan fingerprint density at radius 2 is 1.77 bits per heavy atom. The van der Waals surface area contributed by atoms with Gasteiger partial charge in [-0.1, -0.05) is 24.3 Å². The molecular formula is C23H20N2O4S. The van der Waals surface area contributed by atoms with E-state index in [1.165, 1.54) is 11.3 Å². The van der Waals surface area contributed by atoms with Crippen molar-refractivity contribution in [2.24, 2.45) is 7.05 Å². The average molecular weight is 420 g/mol. The Morgan fingerprint density at radius 1 is 1.00 bits per heavy atom. The highest BCUT2D eigenvalue weighted by Crippen LogP contribution is 2.35. The number of aromatic nitrogens is 1. The van der Waals surface area contributed by atoms with Gasteiger partial charge < -0.3 is 19.4 Å². The van der Waals surface area contributed by atoms with Crippen molar-refractivity contribution >= 4 is 34.0 Å². The zero-order valence-corrected chi connectivity index (χ0v) is 17.6. The number of para-hydroxylation sites is 1. The number of fused-ring (bicyclic) bond motifs is 1. The number of benzene rings is 2. The zero-order valence-electron chi connectivity index (χ0n) is 16.8. The minimum absolute atomic E-state index is 0.169. The first-order chi connectivity index (χ1) is 14.5. The molecule has 0 saturated heterocycles. The molecule has 1 N–H and O–H groups in total. The van der Waals surface area contributed by atoms with Gasteiger partial charge in [-0.05, 0) is 41.3 Å². The summed E-state index contributed by atoms with van der Waals surface area (Å²) < 4.78 is 12.6. The maximum absolute atomic E-state index is 13.5. The number of methoxy groups -OCH3 is 2. The Bertz CT molecular complexity index is 1290. The fourth-order valence-corrected chi connectivity index (χ4v) is 4.09. The maximum Gasteiger partial charge on any atom is 0.266 e. The molecule has 6 nitrogen and oxygen atoms in total. The molecule has 7 heteroatoms. The predicted molar refractivity (Wildman–Crippen MR) is 120 cm³/mol. The van der Waals surface area contributed by atoms with Gasteiger partial charge >= 0.3 is 0 Å². The molecule has 0 atom stereocenters. The Balaban J connectivity index is 1.99. The topological polar surface area (TPSA) is 69.6 Å². The lowest BCUT2D eigenvalue weighted by Gasteiger charge is -2.18. The van der Waals surface area contributed by atoms with Gasteiger partial charge in [0.15, 0.2) is 16.9 Å². The number of nitrogens with zero attached hydrogens (tertiary/aromatic N) is 1. The zero-order chi connectivity index (χ0) is 21.3. The van der Waals surface area contributed by atoms with Gasteiger partial charge in [-0.15, -0.1) is 11.3 Å². The summed E-state index contributed by atoms with van der Waals surface area (Å²) in [4.78, 5) is 26.9. The molecule has 0 aliphatic heterocycles. The lowest BCUT2D eigenvalue weighted by molar-refractivity contribution is 0.103. The lowest BCUT2D eigenvalue weighted by Crippen LogP contribution is -2.21. The molecule has 2 aromatic carbocycles. The third kappa shape index (κ3) is 3.33. The summed E-state index contributed by atoms with van der Waals surface area (Å²) in [5, 5.41) is 5.35. The van der Waals surface area contributed by atoms with Crippen LogP contribution in [0.5, 0.6) is 11.5 Å². The highest BCUT2D eigenvalue weighted by Gasteiger charge is 2.20. The number of anilines is 1. The SMILES string of the molecule is COc1ccc(-c2c(NC(=O)c3cccs3)n(C)c3ccccc3c2=O)cc1OC. The Labute approximate surface area is 177 Å². The maximum atomic E-state index is 13.5. The number of thiophene rings is 1. The molecule has 0 saturated carbocycles. The summed E-state index contributed by atoms with van der Waals surface area (Å²) in [6, 6.07) is 16.2. The Morgan fingerprint density at radius 3 is 2.47 bits per heavy atom. The molecule has 0 fully saturated rings. The molecule has 1 amide bonds. The van der Waals surface area contributed by atoms with Crippen LogP contribution in [-0.4, -0.2) is 24.7 Å². The molecular weight excluding hydrogens is 400 g/mol. The van der Waals surface area contributed by atoms with E-state index in [1.54, 1.807) is 44.6 Å². The van der Waals surface area contributed by atoms with Gasteiger partial charge in [-0.25, -0.2) is 0 Å². The number of rotatable bonds is 5. The molecule has 0 aliphatic carbocycles. The van der Waals surface area contributed by atoms with E-state index in [1.807, 2.05) is 41.3 Å². The lowest BCUT2D eigenvalue weighted by atomic mass is 10.0. The van der Waals surface area contributed by atoms with E-state index in [0.717, 1.165) is 5.52 Å². The van der Waals surface area contributed by atoms with Crippen LogP contribution in [0.15, 0.2) is 64.8 Å². The second-order valence-electron chi connectivity index (χ2n) is 6.63. The van der Waals surface area contributed by atoms with Crippen LogP contribution in [0.25, 0.3) is 22.0 Å². The van der Waals surface area contributed by atoms with Gasteiger partial charge in [0, 0.05) is 12.4 Å². The van der Waals surface area contributed by atoms with Crippen LogP contribution in [0.2, 0.25) is 0 Å². The summed E-state index contributed by atoms with van der Waals surface area (Å²) in [6.45, 7) is 0. The van der Waals surface area contributed by atoms with Gasteiger partial charge in [0.1, 0.15) is 5.82 Å². The normalized spacial score (nSPS) is 10.8. The summed E-state index contributed by atoms with van der Waals surface area (Å²) in [7, 11) is 4.93. The quantitative estimate of drug-likeness (QED) is 0.515.